The third-order valence-corrected chi connectivity index (χ3v) is 4.10. The molecule has 2 atom stereocenters. The number of hydrogen-bond donors (Lipinski definition) is 1. The topological polar surface area (TPSA) is 20.2 Å². The van der Waals surface area contributed by atoms with Crippen LogP contribution in [-0.2, 0) is 5.60 Å². The quantitative estimate of drug-likeness (QED) is 0.752. The number of thiophene rings is 1. The van der Waals surface area contributed by atoms with E-state index in [1.165, 1.54) is 11.3 Å². The Morgan fingerprint density at radius 2 is 2.36 bits per heavy atom. The minimum atomic E-state index is -0.525. The van der Waals surface area contributed by atoms with Crippen molar-refractivity contribution in [2.45, 2.75) is 45.1 Å². The van der Waals surface area contributed by atoms with Gasteiger partial charge in [0.15, 0.2) is 0 Å². The van der Waals surface area contributed by atoms with E-state index in [2.05, 4.69) is 25.3 Å². The lowest BCUT2D eigenvalue weighted by Gasteiger charge is -2.35. The van der Waals surface area contributed by atoms with Gasteiger partial charge in [-0.2, -0.15) is 0 Å². The Bertz CT molecular complexity index is 318. The second-order valence-electron chi connectivity index (χ2n) is 4.68. The largest absolute Gasteiger partial charge is 0.385 e. The van der Waals surface area contributed by atoms with Crippen LogP contribution in [0.5, 0.6) is 0 Å². The fourth-order valence-electron chi connectivity index (χ4n) is 2.47. The highest BCUT2D eigenvalue weighted by Crippen LogP contribution is 2.40. The molecule has 1 N–H and O–H groups in total. The van der Waals surface area contributed by atoms with Crippen molar-refractivity contribution >= 4 is 11.3 Å². The van der Waals surface area contributed by atoms with E-state index in [4.69, 9.17) is 0 Å². The highest BCUT2D eigenvalue weighted by atomic mass is 32.1. The van der Waals surface area contributed by atoms with Crippen molar-refractivity contribution in [2.75, 3.05) is 0 Å². The predicted molar refractivity (Wildman–Crippen MR) is 60.6 cm³/mol. The van der Waals surface area contributed by atoms with Crippen molar-refractivity contribution in [3.63, 3.8) is 0 Å². The normalized spacial score (nSPS) is 33.2. The third-order valence-electron chi connectivity index (χ3n) is 3.24. The standard InChI is InChI=1S/C12H18OS/c1-9-4-3-5-12(13,7-9)11-6-10(2)14-8-11/h6,8-9,13H,3-5,7H2,1-2H3. The molecule has 1 aromatic rings. The highest BCUT2D eigenvalue weighted by Gasteiger charge is 2.34. The van der Waals surface area contributed by atoms with Gasteiger partial charge < -0.3 is 5.11 Å². The number of aryl methyl sites for hydroxylation is 1. The Morgan fingerprint density at radius 1 is 1.57 bits per heavy atom. The van der Waals surface area contributed by atoms with Crippen molar-refractivity contribution in [3.05, 3.63) is 21.9 Å². The van der Waals surface area contributed by atoms with Crippen molar-refractivity contribution in [1.82, 2.24) is 0 Å². The Labute approximate surface area is 89.8 Å². The zero-order chi connectivity index (χ0) is 10.2. The Morgan fingerprint density at radius 3 is 2.93 bits per heavy atom. The van der Waals surface area contributed by atoms with Crippen molar-refractivity contribution < 1.29 is 5.11 Å². The van der Waals surface area contributed by atoms with E-state index < -0.39 is 5.60 Å². The van der Waals surface area contributed by atoms with Crippen LogP contribution in [0.25, 0.3) is 0 Å². The molecule has 2 rings (SSSR count). The molecule has 14 heavy (non-hydrogen) atoms. The third kappa shape index (κ3) is 1.86. The van der Waals surface area contributed by atoms with Gasteiger partial charge in [0.05, 0.1) is 5.60 Å². The van der Waals surface area contributed by atoms with Gasteiger partial charge in [0.2, 0.25) is 0 Å². The van der Waals surface area contributed by atoms with Crippen LogP contribution < -0.4 is 0 Å². The molecule has 0 saturated heterocycles. The first kappa shape index (κ1) is 10.2. The lowest BCUT2D eigenvalue weighted by molar-refractivity contribution is -0.0175. The fourth-order valence-corrected chi connectivity index (χ4v) is 3.27. The molecular formula is C12H18OS. The first-order chi connectivity index (χ1) is 6.60. The summed E-state index contributed by atoms with van der Waals surface area (Å²) in [4.78, 5) is 1.30. The van der Waals surface area contributed by atoms with E-state index in [1.54, 1.807) is 11.3 Å². The van der Waals surface area contributed by atoms with Gasteiger partial charge in [-0.15, -0.1) is 11.3 Å². The molecule has 1 heterocycles. The zero-order valence-corrected chi connectivity index (χ0v) is 9.73. The molecule has 0 aromatic carbocycles. The molecular weight excluding hydrogens is 192 g/mol. The lowest BCUT2D eigenvalue weighted by Crippen LogP contribution is -2.31. The summed E-state index contributed by atoms with van der Waals surface area (Å²) < 4.78 is 0. The molecule has 1 aliphatic rings. The van der Waals surface area contributed by atoms with Crippen LogP contribution >= 0.6 is 11.3 Å². The maximum Gasteiger partial charge on any atom is 0.0907 e. The summed E-state index contributed by atoms with van der Waals surface area (Å²) in [6.07, 6.45) is 4.30. The van der Waals surface area contributed by atoms with Crippen LogP contribution in [0.15, 0.2) is 11.4 Å². The van der Waals surface area contributed by atoms with Gasteiger partial charge in [-0.25, -0.2) is 0 Å². The summed E-state index contributed by atoms with van der Waals surface area (Å²) >= 11 is 1.74. The monoisotopic (exact) mass is 210 g/mol. The molecule has 2 heteroatoms. The van der Waals surface area contributed by atoms with Crippen molar-refractivity contribution in [2.24, 2.45) is 5.92 Å². The van der Waals surface area contributed by atoms with Crippen LogP contribution in [0.1, 0.15) is 43.0 Å². The van der Waals surface area contributed by atoms with E-state index in [1.807, 2.05) is 0 Å². The van der Waals surface area contributed by atoms with Crippen molar-refractivity contribution in [3.8, 4) is 0 Å². The Kier molecular flexibility index (Phi) is 2.67. The first-order valence-electron chi connectivity index (χ1n) is 5.38. The minimum absolute atomic E-state index is 0.525. The average molecular weight is 210 g/mol. The van der Waals surface area contributed by atoms with Crippen LogP contribution in [0.4, 0.5) is 0 Å². The molecule has 78 valence electrons. The van der Waals surface area contributed by atoms with E-state index >= 15 is 0 Å². The van der Waals surface area contributed by atoms with Gasteiger partial charge in [0, 0.05) is 4.88 Å². The SMILES string of the molecule is Cc1cc(C2(O)CCCC(C)C2)cs1. The fraction of sp³-hybridized carbons (Fsp3) is 0.667. The zero-order valence-electron chi connectivity index (χ0n) is 8.92. The molecule has 2 unspecified atom stereocenters. The molecule has 0 amide bonds. The van der Waals surface area contributed by atoms with Crippen LogP contribution in [0.2, 0.25) is 0 Å². The summed E-state index contributed by atoms with van der Waals surface area (Å²) in [6, 6.07) is 2.14. The molecule has 1 fully saturated rings. The molecule has 0 aliphatic heterocycles. The predicted octanol–water partition coefficient (Wildman–Crippen LogP) is 3.45. The summed E-state index contributed by atoms with van der Waals surface area (Å²) in [5, 5.41) is 12.7. The van der Waals surface area contributed by atoms with Crippen molar-refractivity contribution in [1.29, 1.82) is 0 Å². The molecule has 1 nitrogen and oxygen atoms in total. The minimum Gasteiger partial charge on any atom is -0.385 e. The van der Waals surface area contributed by atoms with Crippen LogP contribution in [-0.4, -0.2) is 5.11 Å². The maximum atomic E-state index is 10.5. The molecule has 0 bridgehead atoms. The number of aliphatic hydroxyl groups is 1. The molecule has 0 radical (unpaired) electrons. The second-order valence-corrected chi connectivity index (χ2v) is 5.79. The highest BCUT2D eigenvalue weighted by molar-refractivity contribution is 7.10. The second kappa shape index (κ2) is 3.67. The van der Waals surface area contributed by atoms with E-state index in [-0.39, 0.29) is 0 Å². The molecule has 0 spiro atoms. The Balaban J connectivity index is 2.22. The summed E-state index contributed by atoms with van der Waals surface area (Å²) in [7, 11) is 0. The van der Waals surface area contributed by atoms with E-state index in [0.29, 0.717) is 5.92 Å². The van der Waals surface area contributed by atoms with Gasteiger partial charge in [-0.1, -0.05) is 13.3 Å². The van der Waals surface area contributed by atoms with Gasteiger partial charge in [0.1, 0.15) is 0 Å². The summed E-state index contributed by atoms with van der Waals surface area (Å²) in [5.41, 5.74) is 0.620. The van der Waals surface area contributed by atoms with E-state index in [9.17, 15) is 5.11 Å². The van der Waals surface area contributed by atoms with Gasteiger partial charge in [-0.05, 0) is 49.1 Å². The van der Waals surface area contributed by atoms with Gasteiger partial charge in [-0.3, -0.25) is 0 Å². The van der Waals surface area contributed by atoms with Crippen LogP contribution in [0.3, 0.4) is 0 Å². The summed E-state index contributed by atoms with van der Waals surface area (Å²) in [6.45, 7) is 4.34. The number of rotatable bonds is 1. The van der Waals surface area contributed by atoms with Crippen LogP contribution in [0, 0.1) is 12.8 Å². The molecule has 1 saturated carbocycles. The molecule has 1 aromatic heterocycles. The molecule has 1 aliphatic carbocycles. The summed E-state index contributed by atoms with van der Waals surface area (Å²) in [5.74, 6) is 0.661. The lowest BCUT2D eigenvalue weighted by atomic mass is 9.76. The Hall–Kier alpha value is -0.340. The average Bonchev–Trinajstić information content (AvgIpc) is 2.52. The van der Waals surface area contributed by atoms with Gasteiger partial charge >= 0.3 is 0 Å². The van der Waals surface area contributed by atoms with Gasteiger partial charge in [0.25, 0.3) is 0 Å². The number of hydrogen-bond acceptors (Lipinski definition) is 2. The van der Waals surface area contributed by atoms with E-state index in [0.717, 1.165) is 24.8 Å². The maximum absolute atomic E-state index is 10.5. The first-order valence-corrected chi connectivity index (χ1v) is 6.26. The smallest absolute Gasteiger partial charge is 0.0907 e.